The maximum Gasteiger partial charge on any atom is 0.406 e. The van der Waals surface area contributed by atoms with Gasteiger partial charge in [0.25, 0.3) is 5.91 Å². The Balaban J connectivity index is 1.12. The molecule has 3 aliphatic heterocycles. The number of aromatic nitrogens is 2. The van der Waals surface area contributed by atoms with Gasteiger partial charge >= 0.3 is 6.18 Å². The first-order valence-electron chi connectivity index (χ1n) is 14.4. The Labute approximate surface area is 242 Å². The zero-order chi connectivity index (χ0) is 29.3. The first-order valence-corrected chi connectivity index (χ1v) is 14.4. The molecular formula is C30H35F3N4O5. The van der Waals surface area contributed by atoms with Crippen LogP contribution in [0.2, 0.25) is 0 Å². The van der Waals surface area contributed by atoms with Gasteiger partial charge < -0.3 is 28.7 Å². The van der Waals surface area contributed by atoms with E-state index in [4.69, 9.17) is 18.9 Å². The smallest absolute Gasteiger partial charge is 0.406 e. The van der Waals surface area contributed by atoms with Gasteiger partial charge in [-0.25, -0.2) is 4.98 Å². The number of methoxy groups -OCH3 is 1. The molecule has 0 N–H and O–H groups in total. The summed E-state index contributed by atoms with van der Waals surface area (Å²) in [5, 5.41) is 0. The molecule has 1 aromatic carbocycles. The number of imidazole rings is 1. The number of hydrogen-bond donors (Lipinski definition) is 0. The van der Waals surface area contributed by atoms with Crippen LogP contribution >= 0.6 is 0 Å². The summed E-state index contributed by atoms with van der Waals surface area (Å²) in [6.45, 7) is 2.21. The molecular weight excluding hydrogens is 553 g/mol. The van der Waals surface area contributed by atoms with Gasteiger partial charge in [-0.3, -0.25) is 9.20 Å². The highest BCUT2D eigenvalue weighted by atomic mass is 19.4. The van der Waals surface area contributed by atoms with E-state index in [0.29, 0.717) is 25.2 Å². The quantitative estimate of drug-likeness (QED) is 0.335. The molecule has 0 spiro atoms. The molecule has 2 atom stereocenters. The summed E-state index contributed by atoms with van der Waals surface area (Å²) >= 11 is 0. The van der Waals surface area contributed by atoms with Gasteiger partial charge in [-0.05, 0) is 55.9 Å². The van der Waals surface area contributed by atoms with Crippen LogP contribution in [0.25, 0.3) is 16.9 Å². The van der Waals surface area contributed by atoms with Gasteiger partial charge in [0.1, 0.15) is 17.9 Å². The van der Waals surface area contributed by atoms with E-state index in [1.54, 1.807) is 12.3 Å². The standard InChI is InChI=1S/C30H35F3N4O5/c1-39-25-15-21(14-20-5-8-36(19-30(31,32)33)29(38)28(20)25)24-17-34-26-16-22(6-10-37(24)26)35-9-7-23(18-35)40-12-13-42-27-4-2-3-11-41-27/h6,10,14-17,23,27H,2-5,7-9,11-13,18-19H2,1H3. The Kier molecular flexibility index (Phi) is 8.28. The predicted molar refractivity (Wildman–Crippen MR) is 149 cm³/mol. The molecule has 2 aromatic heterocycles. The minimum absolute atomic E-state index is 0.00301. The highest BCUT2D eigenvalue weighted by Crippen LogP contribution is 2.35. The number of anilines is 1. The first kappa shape index (κ1) is 28.8. The third-order valence-corrected chi connectivity index (χ3v) is 8.11. The van der Waals surface area contributed by atoms with Crippen LogP contribution in [0.1, 0.15) is 41.6 Å². The van der Waals surface area contributed by atoms with Crippen molar-refractivity contribution in [3.8, 4) is 17.0 Å². The van der Waals surface area contributed by atoms with E-state index in [-0.39, 0.29) is 30.3 Å². The minimum Gasteiger partial charge on any atom is -0.496 e. The summed E-state index contributed by atoms with van der Waals surface area (Å²) in [5.74, 6) is -0.413. The normalized spacial score (nSPS) is 21.3. The number of nitrogens with zero attached hydrogens (tertiary/aromatic N) is 4. The van der Waals surface area contributed by atoms with Gasteiger partial charge in [0.15, 0.2) is 6.29 Å². The number of fused-ring (bicyclic) bond motifs is 2. The molecule has 0 bridgehead atoms. The van der Waals surface area contributed by atoms with Crippen molar-refractivity contribution >= 4 is 17.2 Å². The van der Waals surface area contributed by atoms with Crippen molar-refractivity contribution in [2.75, 3.05) is 58.0 Å². The maximum atomic E-state index is 13.0. The van der Waals surface area contributed by atoms with Crippen LogP contribution in [0, 0.1) is 0 Å². The molecule has 3 aromatic rings. The molecule has 5 heterocycles. The van der Waals surface area contributed by atoms with Gasteiger partial charge in [-0.1, -0.05) is 0 Å². The van der Waals surface area contributed by atoms with Gasteiger partial charge in [-0.15, -0.1) is 0 Å². The van der Waals surface area contributed by atoms with E-state index >= 15 is 0 Å². The number of amides is 1. The highest BCUT2D eigenvalue weighted by Gasteiger charge is 2.37. The number of ether oxygens (including phenoxy) is 4. The molecule has 0 radical (unpaired) electrons. The molecule has 0 aliphatic carbocycles. The molecule has 2 unspecified atom stereocenters. The van der Waals surface area contributed by atoms with Gasteiger partial charge in [-0.2, -0.15) is 13.2 Å². The van der Waals surface area contributed by atoms with Crippen molar-refractivity contribution in [1.82, 2.24) is 14.3 Å². The topological polar surface area (TPSA) is 77.8 Å². The maximum absolute atomic E-state index is 13.0. The Morgan fingerprint density at radius 2 is 1.95 bits per heavy atom. The Morgan fingerprint density at radius 1 is 1.10 bits per heavy atom. The van der Waals surface area contributed by atoms with Gasteiger partial charge in [0.2, 0.25) is 0 Å². The Bertz CT molecular complexity index is 1400. The lowest BCUT2D eigenvalue weighted by Crippen LogP contribution is -2.43. The minimum atomic E-state index is -4.46. The van der Waals surface area contributed by atoms with Crippen LogP contribution < -0.4 is 9.64 Å². The second kappa shape index (κ2) is 12.1. The molecule has 1 amide bonds. The Hall–Kier alpha value is -3.35. The number of pyridine rings is 1. The van der Waals surface area contributed by atoms with E-state index in [1.807, 2.05) is 28.8 Å². The average molecular weight is 589 g/mol. The number of carbonyl (C=O) groups excluding carboxylic acids is 1. The lowest BCUT2D eigenvalue weighted by molar-refractivity contribution is -0.171. The van der Waals surface area contributed by atoms with Crippen LogP contribution in [0.15, 0.2) is 36.7 Å². The van der Waals surface area contributed by atoms with Crippen molar-refractivity contribution in [2.24, 2.45) is 0 Å². The van der Waals surface area contributed by atoms with Crippen molar-refractivity contribution < 1.29 is 36.9 Å². The fourth-order valence-electron chi connectivity index (χ4n) is 6.02. The summed E-state index contributed by atoms with van der Waals surface area (Å²) in [7, 11) is 1.42. The monoisotopic (exact) mass is 588 g/mol. The van der Waals surface area contributed by atoms with E-state index < -0.39 is 18.6 Å². The third kappa shape index (κ3) is 6.20. The largest absolute Gasteiger partial charge is 0.496 e. The second-order valence-electron chi connectivity index (χ2n) is 11.0. The number of benzene rings is 1. The van der Waals surface area contributed by atoms with Gasteiger partial charge in [0, 0.05) is 49.8 Å². The predicted octanol–water partition coefficient (Wildman–Crippen LogP) is 4.71. The second-order valence-corrected chi connectivity index (χ2v) is 11.0. The zero-order valence-electron chi connectivity index (χ0n) is 23.6. The van der Waals surface area contributed by atoms with Crippen molar-refractivity contribution in [3.63, 3.8) is 0 Å². The third-order valence-electron chi connectivity index (χ3n) is 8.11. The number of carbonyl (C=O) groups is 1. The summed E-state index contributed by atoms with van der Waals surface area (Å²) in [4.78, 5) is 20.6. The lowest BCUT2D eigenvalue weighted by Gasteiger charge is -2.30. The molecule has 12 heteroatoms. The molecule has 226 valence electrons. The highest BCUT2D eigenvalue weighted by molar-refractivity contribution is 6.00. The molecule has 2 saturated heterocycles. The lowest BCUT2D eigenvalue weighted by atomic mass is 9.94. The number of rotatable bonds is 9. The molecule has 42 heavy (non-hydrogen) atoms. The van der Waals surface area contributed by atoms with Crippen molar-refractivity contribution in [2.45, 2.75) is 50.7 Å². The van der Waals surface area contributed by atoms with Crippen LogP contribution in [0.3, 0.4) is 0 Å². The summed E-state index contributed by atoms with van der Waals surface area (Å²) < 4.78 is 63.8. The van der Waals surface area contributed by atoms with E-state index in [1.165, 1.54) is 7.11 Å². The molecule has 9 nitrogen and oxygen atoms in total. The van der Waals surface area contributed by atoms with E-state index in [2.05, 4.69) is 9.88 Å². The number of alkyl halides is 3. The van der Waals surface area contributed by atoms with Crippen LogP contribution in [0.5, 0.6) is 5.75 Å². The first-order chi connectivity index (χ1) is 20.3. The fourth-order valence-corrected chi connectivity index (χ4v) is 6.02. The summed E-state index contributed by atoms with van der Waals surface area (Å²) in [6, 6.07) is 7.62. The zero-order valence-corrected chi connectivity index (χ0v) is 23.6. The number of halogens is 3. The molecule has 2 fully saturated rings. The van der Waals surface area contributed by atoms with E-state index in [9.17, 15) is 18.0 Å². The van der Waals surface area contributed by atoms with E-state index in [0.717, 1.165) is 72.9 Å². The molecule has 6 rings (SSSR count). The SMILES string of the molecule is COc1cc(-c2cnc3cc(N4CCC(OCCOC5CCCCO5)C4)ccn23)cc2c1C(=O)N(CC(F)(F)F)CC2. The van der Waals surface area contributed by atoms with Crippen molar-refractivity contribution in [1.29, 1.82) is 0 Å². The van der Waals surface area contributed by atoms with Crippen LogP contribution in [-0.2, 0) is 20.6 Å². The summed E-state index contributed by atoms with van der Waals surface area (Å²) in [5.41, 5.74) is 4.24. The fraction of sp³-hybridized carbons (Fsp3) is 0.533. The van der Waals surface area contributed by atoms with Crippen molar-refractivity contribution in [3.05, 3.63) is 47.8 Å². The summed E-state index contributed by atoms with van der Waals surface area (Å²) in [6.07, 6.45) is 3.70. The number of hydrogen-bond acceptors (Lipinski definition) is 7. The molecule has 0 saturated carbocycles. The molecule has 3 aliphatic rings. The van der Waals surface area contributed by atoms with Crippen LogP contribution in [0.4, 0.5) is 18.9 Å². The van der Waals surface area contributed by atoms with Crippen LogP contribution in [-0.4, -0.2) is 91.9 Å². The average Bonchev–Trinajstić information content (AvgIpc) is 3.63. The Morgan fingerprint density at radius 3 is 2.74 bits per heavy atom. The van der Waals surface area contributed by atoms with Gasteiger partial charge in [0.05, 0.1) is 43.9 Å².